The highest BCUT2D eigenvalue weighted by atomic mass is 35.5. The van der Waals surface area contributed by atoms with Gasteiger partial charge in [0.15, 0.2) is 5.11 Å². The molecule has 0 bridgehead atoms. The van der Waals surface area contributed by atoms with Gasteiger partial charge in [-0.2, -0.15) is 0 Å². The topological polar surface area (TPSA) is 63.6 Å². The molecular weight excluding hydrogens is 565 g/mol. The maximum absolute atomic E-state index is 13.5. The third-order valence-corrected chi connectivity index (χ3v) is 7.79. The van der Waals surface area contributed by atoms with E-state index in [1.165, 1.54) is 4.90 Å². The Morgan fingerprint density at radius 1 is 0.900 bits per heavy atom. The third-order valence-electron chi connectivity index (χ3n) is 6.73. The summed E-state index contributed by atoms with van der Waals surface area (Å²) < 4.78 is 7.97. The molecule has 0 unspecified atom stereocenters. The molecule has 0 saturated carbocycles. The van der Waals surface area contributed by atoms with Gasteiger partial charge in [-0.15, -0.1) is 0 Å². The van der Waals surface area contributed by atoms with E-state index >= 15 is 0 Å². The van der Waals surface area contributed by atoms with Gasteiger partial charge in [-0.25, -0.2) is 0 Å². The van der Waals surface area contributed by atoms with Crippen LogP contribution < -0.4 is 15.0 Å². The van der Waals surface area contributed by atoms with E-state index in [0.717, 1.165) is 33.8 Å². The minimum absolute atomic E-state index is 0.00869. The van der Waals surface area contributed by atoms with Crippen LogP contribution in [0.25, 0.3) is 11.8 Å². The number of amides is 2. The molecule has 5 rings (SSSR count). The fraction of sp³-hybridized carbons (Fsp3) is 0.129. The van der Waals surface area contributed by atoms with Gasteiger partial charge in [-0.1, -0.05) is 47.5 Å². The van der Waals surface area contributed by atoms with Crippen LogP contribution >= 0.6 is 35.4 Å². The summed E-state index contributed by atoms with van der Waals surface area (Å²) in [5, 5.41) is 3.80. The van der Waals surface area contributed by atoms with E-state index in [2.05, 4.69) is 9.88 Å². The number of thiocarbonyl (C=S) groups is 1. The molecule has 9 heteroatoms. The van der Waals surface area contributed by atoms with Gasteiger partial charge in [-0.3, -0.25) is 19.8 Å². The van der Waals surface area contributed by atoms with E-state index in [0.29, 0.717) is 28.1 Å². The van der Waals surface area contributed by atoms with E-state index in [1.54, 1.807) is 24.3 Å². The minimum Gasteiger partial charge on any atom is -0.489 e. The van der Waals surface area contributed by atoms with Gasteiger partial charge in [0.2, 0.25) is 0 Å². The summed E-state index contributed by atoms with van der Waals surface area (Å²) in [6.45, 7) is 6.14. The van der Waals surface area contributed by atoms with Crippen LogP contribution in [0.5, 0.6) is 5.75 Å². The molecule has 1 aliphatic rings. The third kappa shape index (κ3) is 5.41. The molecule has 40 heavy (non-hydrogen) atoms. The van der Waals surface area contributed by atoms with Crippen LogP contribution in [0.1, 0.15) is 28.1 Å². The van der Waals surface area contributed by atoms with Crippen LogP contribution in [0.2, 0.25) is 10.0 Å². The molecule has 4 aromatic rings. The van der Waals surface area contributed by atoms with E-state index in [9.17, 15) is 9.59 Å². The fourth-order valence-electron chi connectivity index (χ4n) is 4.57. The molecule has 2 amide bonds. The van der Waals surface area contributed by atoms with Crippen molar-refractivity contribution in [3.05, 3.63) is 116 Å². The summed E-state index contributed by atoms with van der Waals surface area (Å²) in [7, 11) is 0. The number of aromatic nitrogens is 1. The number of nitrogens with zero attached hydrogens (tertiary/aromatic N) is 2. The first-order valence-electron chi connectivity index (χ1n) is 12.5. The van der Waals surface area contributed by atoms with Gasteiger partial charge in [0.25, 0.3) is 11.8 Å². The SMILES string of the molecule is Cc1ccc(N2C(=O)/C(=C/c3cc(C)n(-c4ccc(OCc5ccccc5Cl)cc4)c3C)C(=O)NC2=S)cc1Cl. The summed E-state index contributed by atoms with van der Waals surface area (Å²) in [5.74, 6) is -0.349. The molecule has 3 aromatic carbocycles. The van der Waals surface area contributed by atoms with E-state index in [-0.39, 0.29) is 10.7 Å². The Morgan fingerprint density at radius 3 is 2.30 bits per heavy atom. The number of carbonyl (C=O) groups excluding carboxylic acids is 2. The molecule has 0 atom stereocenters. The molecule has 0 aliphatic carbocycles. The van der Waals surface area contributed by atoms with Crippen molar-refractivity contribution in [2.45, 2.75) is 27.4 Å². The standard InChI is InChI=1S/C31H25Cl2N3O3S/c1-18-8-9-24(16-28(18)33)36-30(38)26(29(37)34-31(36)40)15-22-14-19(2)35(20(22)3)23-10-12-25(13-11-23)39-17-21-6-4-5-7-27(21)32/h4-16H,17H2,1-3H3,(H,34,37,40)/b26-15+. The summed E-state index contributed by atoms with van der Waals surface area (Å²) in [4.78, 5) is 27.6. The molecular formula is C31H25Cl2N3O3S. The second-order valence-electron chi connectivity index (χ2n) is 9.43. The van der Waals surface area contributed by atoms with Gasteiger partial charge >= 0.3 is 0 Å². The number of ether oxygens (including phenoxy) is 1. The van der Waals surface area contributed by atoms with E-state index in [1.807, 2.05) is 75.4 Å². The summed E-state index contributed by atoms with van der Waals surface area (Å²) >= 11 is 17.8. The van der Waals surface area contributed by atoms with Crippen molar-refractivity contribution in [2.24, 2.45) is 0 Å². The Bertz CT molecular complexity index is 1690. The molecule has 0 radical (unpaired) electrons. The number of hydrogen-bond acceptors (Lipinski definition) is 4. The summed E-state index contributed by atoms with van der Waals surface area (Å²) in [6.07, 6.45) is 1.60. The van der Waals surface area contributed by atoms with Crippen LogP contribution in [0.4, 0.5) is 5.69 Å². The second-order valence-corrected chi connectivity index (χ2v) is 10.6. The Morgan fingerprint density at radius 2 is 1.60 bits per heavy atom. The van der Waals surface area contributed by atoms with Crippen molar-refractivity contribution in [2.75, 3.05) is 4.90 Å². The fourth-order valence-corrected chi connectivity index (χ4v) is 5.21. The van der Waals surface area contributed by atoms with E-state index in [4.69, 9.17) is 40.2 Å². The van der Waals surface area contributed by atoms with E-state index < -0.39 is 11.8 Å². The Balaban J connectivity index is 1.41. The number of aryl methyl sites for hydroxylation is 2. The molecule has 2 heterocycles. The van der Waals surface area contributed by atoms with Gasteiger partial charge in [0.1, 0.15) is 17.9 Å². The highest BCUT2D eigenvalue weighted by molar-refractivity contribution is 7.80. The van der Waals surface area contributed by atoms with Crippen molar-refractivity contribution in [3.63, 3.8) is 0 Å². The average Bonchev–Trinajstić information content (AvgIpc) is 3.20. The first-order chi connectivity index (χ1) is 19.1. The zero-order chi connectivity index (χ0) is 28.6. The molecule has 202 valence electrons. The van der Waals surface area contributed by atoms with Crippen molar-refractivity contribution in [3.8, 4) is 11.4 Å². The van der Waals surface area contributed by atoms with Crippen LogP contribution in [0.3, 0.4) is 0 Å². The molecule has 1 aromatic heterocycles. The van der Waals surface area contributed by atoms with Crippen LogP contribution in [-0.4, -0.2) is 21.5 Å². The van der Waals surface area contributed by atoms with Crippen molar-refractivity contribution >= 4 is 64.1 Å². The van der Waals surface area contributed by atoms with Crippen molar-refractivity contribution in [1.29, 1.82) is 0 Å². The number of anilines is 1. The lowest BCUT2D eigenvalue weighted by Crippen LogP contribution is -2.54. The molecule has 1 N–H and O–H groups in total. The highest BCUT2D eigenvalue weighted by Crippen LogP contribution is 2.29. The van der Waals surface area contributed by atoms with Gasteiger partial charge < -0.3 is 9.30 Å². The smallest absolute Gasteiger partial charge is 0.270 e. The zero-order valence-corrected chi connectivity index (χ0v) is 24.3. The quantitative estimate of drug-likeness (QED) is 0.148. The Kier molecular flexibility index (Phi) is 7.81. The molecule has 0 spiro atoms. The Hall–Kier alpha value is -3.91. The van der Waals surface area contributed by atoms with Crippen LogP contribution in [-0.2, 0) is 16.2 Å². The predicted octanol–water partition coefficient (Wildman–Crippen LogP) is 7.12. The van der Waals surface area contributed by atoms with Gasteiger partial charge in [0.05, 0.1) is 5.69 Å². The number of benzene rings is 3. The monoisotopic (exact) mass is 589 g/mol. The largest absolute Gasteiger partial charge is 0.489 e. The number of carbonyl (C=O) groups is 2. The Labute approximate surface area is 247 Å². The lowest BCUT2D eigenvalue weighted by atomic mass is 10.1. The molecule has 1 fully saturated rings. The lowest BCUT2D eigenvalue weighted by molar-refractivity contribution is -0.122. The maximum Gasteiger partial charge on any atom is 0.270 e. The molecule has 6 nitrogen and oxygen atoms in total. The van der Waals surface area contributed by atoms with Crippen LogP contribution in [0, 0.1) is 20.8 Å². The van der Waals surface area contributed by atoms with Crippen LogP contribution in [0.15, 0.2) is 78.4 Å². The normalized spacial score (nSPS) is 14.6. The average molecular weight is 591 g/mol. The van der Waals surface area contributed by atoms with Crippen molar-refractivity contribution in [1.82, 2.24) is 9.88 Å². The highest BCUT2D eigenvalue weighted by Gasteiger charge is 2.35. The number of rotatable bonds is 6. The maximum atomic E-state index is 13.5. The minimum atomic E-state index is -0.547. The summed E-state index contributed by atoms with van der Waals surface area (Å²) in [5.41, 5.74) is 5.71. The summed E-state index contributed by atoms with van der Waals surface area (Å²) in [6, 6.07) is 22.4. The number of halogens is 2. The van der Waals surface area contributed by atoms with Crippen molar-refractivity contribution < 1.29 is 14.3 Å². The predicted molar refractivity (Wildman–Crippen MR) is 163 cm³/mol. The zero-order valence-electron chi connectivity index (χ0n) is 22.0. The van der Waals surface area contributed by atoms with Gasteiger partial charge in [-0.05, 0) is 98.7 Å². The lowest BCUT2D eigenvalue weighted by Gasteiger charge is -2.29. The van der Waals surface area contributed by atoms with Gasteiger partial charge in [0, 0.05) is 32.7 Å². The number of nitrogens with one attached hydrogen (secondary N) is 1. The molecule has 1 saturated heterocycles. The molecule has 1 aliphatic heterocycles. The second kappa shape index (κ2) is 11.3. The first kappa shape index (κ1) is 27.6. The number of hydrogen-bond donors (Lipinski definition) is 1. The first-order valence-corrected chi connectivity index (χ1v) is 13.6.